The lowest BCUT2D eigenvalue weighted by atomic mass is 9.83. The van der Waals surface area contributed by atoms with Crippen molar-refractivity contribution in [1.82, 2.24) is 19.9 Å². The second-order valence-electron chi connectivity index (χ2n) is 18.2. The van der Waals surface area contributed by atoms with E-state index in [0.29, 0.717) is 37.1 Å². The topological polar surface area (TPSA) is 252 Å². The van der Waals surface area contributed by atoms with Crippen LogP contribution < -0.4 is 0 Å². The smallest absolute Gasteiger partial charge is 0.335 e. The van der Waals surface area contributed by atoms with Gasteiger partial charge >= 0.3 is 17.9 Å². The van der Waals surface area contributed by atoms with Crippen LogP contribution in [-0.4, -0.2) is 133 Å². The molecular weight excluding hydrogens is 925 g/mol. The number of rotatable bonds is 19. The standard InChI is InChI=1S/C51H72N4O16/c1-29(19-20-42(71-51(61)34(6)62-9)33(5)47(69-35(7)57)30(2)21-22-55(8)28-56)43(64-11)24-44-32(4)41(63-10)17-14-18-45-52-38(26-66-45)49-54-39(27-68-49)50-53-37(25-67-50)48(65-12)31(3)40(59)16-13-15-36(58)23-46(60)70-44/h13-14,16,18,21-22,25-34,36,41-44,47-48,58H,15,17,19-20,23-24H2,1-12H3/b16-13+,18-14?,22-21+/t29-,30+,31-,32+,33-,34+,36-,41-,42+,43-,44-,47+,48-/m0/s1. The molecule has 392 valence electrons. The zero-order valence-electron chi connectivity index (χ0n) is 42.9. The summed E-state index contributed by atoms with van der Waals surface area (Å²) < 4.78 is 58.1. The third-order valence-electron chi connectivity index (χ3n) is 12.9. The fourth-order valence-electron chi connectivity index (χ4n) is 8.33. The van der Waals surface area contributed by atoms with Crippen molar-refractivity contribution in [2.45, 2.75) is 136 Å². The number of aliphatic hydroxyl groups is 1. The average molecular weight is 997 g/mol. The highest BCUT2D eigenvalue weighted by molar-refractivity contribution is 5.92. The largest absolute Gasteiger partial charge is 0.462 e. The van der Waals surface area contributed by atoms with E-state index in [4.69, 9.17) is 46.4 Å². The van der Waals surface area contributed by atoms with E-state index in [2.05, 4.69) is 15.0 Å². The number of methoxy groups -OCH3 is 4. The number of hydrogen-bond donors (Lipinski definition) is 1. The van der Waals surface area contributed by atoms with Crippen molar-refractivity contribution in [2.24, 2.45) is 29.6 Å². The van der Waals surface area contributed by atoms with E-state index in [-0.39, 0.29) is 60.2 Å². The molecule has 1 N–H and O–H groups in total. The minimum atomic E-state index is -1.18. The van der Waals surface area contributed by atoms with Crippen LogP contribution in [0.3, 0.4) is 0 Å². The van der Waals surface area contributed by atoms with Crippen LogP contribution in [0.25, 0.3) is 29.2 Å². The molecule has 1 amide bonds. The number of hydrogen-bond acceptors (Lipinski definition) is 19. The first-order chi connectivity index (χ1) is 33.8. The molecule has 3 aromatic heterocycles. The third-order valence-corrected chi connectivity index (χ3v) is 12.9. The molecule has 20 nitrogen and oxygen atoms in total. The lowest BCUT2D eigenvalue weighted by Gasteiger charge is -2.35. The van der Waals surface area contributed by atoms with E-state index in [0.717, 1.165) is 0 Å². The van der Waals surface area contributed by atoms with Crippen molar-refractivity contribution in [3.63, 3.8) is 0 Å². The molecule has 20 heteroatoms. The Morgan fingerprint density at radius 3 is 2.20 bits per heavy atom. The number of aliphatic hydroxyl groups excluding tert-OH is 1. The van der Waals surface area contributed by atoms with Gasteiger partial charge in [0.1, 0.15) is 48.9 Å². The maximum Gasteiger partial charge on any atom is 0.335 e. The van der Waals surface area contributed by atoms with Gasteiger partial charge in [0, 0.05) is 72.8 Å². The summed E-state index contributed by atoms with van der Waals surface area (Å²) in [6, 6.07) is 0. The number of oxazole rings is 3. The van der Waals surface area contributed by atoms with Gasteiger partial charge in [0.05, 0.1) is 30.7 Å². The first-order valence-electron chi connectivity index (χ1n) is 23.8. The molecular formula is C51H72N4O16. The summed E-state index contributed by atoms with van der Waals surface area (Å²) in [5.41, 5.74) is 0.960. The SMILES string of the molecule is CO[C@H]1CC=Cc2nc(co2)-c2nc(co2)-c2nc(co2)[C@@H](OC)[C@@H](C)C(=O)/C=C/C[C@H](O)CC(=O)O[C@@H](C[C@H](OC)[C@@H](C)CC[C@@H](OC(=O)[C@@H](C)OC)[C@H](C)[C@H](OC(C)=O)[C@H](C)/C=C/N(C)C=O)[C@@H]1C. The Labute approximate surface area is 415 Å². The van der Waals surface area contributed by atoms with E-state index in [1.807, 2.05) is 33.8 Å². The quantitative estimate of drug-likeness (QED) is 0.0712. The number of cyclic esters (lactones) is 1. The molecule has 0 unspecified atom stereocenters. The van der Waals surface area contributed by atoms with Crippen molar-refractivity contribution in [1.29, 1.82) is 0 Å². The summed E-state index contributed by atoms with van der Waals surface area (Å²) in [7, 11) is 7.56. The lowest BCUT2D eigenvalue weighted by molar-refractivity contribution is -0.170. The summed E-state index contributed by atoms with van der Waals surface area (Å²) in [4.78, 5) is 78.7. The number of carbonyl (C=O) groups excluding carboxylic acids is 5. The molecule has 6 bridgehead atoms. The van der Waals surface area contributed by atoms with Gasteiger partial charge in [-0.1, -0.05) is 52.8 Å². The Hall–Kier alpha value is -5.80. The van der Waals surface area contributed by atoms with Crippen LogP contribution in [0.4, 0.5) is 0 Å². The molecule has 1 aliphatic heterocycles. The molecule has 4 heterocycles. The number of aromatic nitrogens is 3. The van der Waals surface area contributed by atoms with Gasteiger partial charge in [-0.15, -0.1) is 0 Å². The highest BCUT2D eigenvalue weighted by Crippen LogP contribution is 2.33. The molecule has 0 aromatic carbocycles. The zero-order chi connectivity index (χ0) is 52.4. The molecule has 0 radical (unpaired) electrons. The number of nitrogens with zero attached hydrogens (tertiary/aromatic N) is 4. The van der Waals surface area contributed by atoms with Crippen LogP contribution in [0, 0.1) is 29.6 Å². The van der Waals surface area contributed by atoms with Gasteiger partial charge < -0.3 is 56.4 Å². The summed E-state index contributed by atoms with van der Waals surface area (Å²) in [5, 5.41) is 11.0. The summed E-state index contributed by atoms with van der Waals surface area (Å²) in [6.07, 6.45) is 9.31. The van der Waals surface area contributed by atoms with Crippen molar-refractivity contribution in [3.8, 4) is 23.2 Å². The predicted octanol–water partition coefficient (Wildman–Crippen LogP) is 7.13. The summed E-state index contributed by atoms with van der Waals surface area (Å²) in [6.45, 7) is 12.1. The Morgan fingerprint density at radius 2 is 1.54 bits per heavy atom. The van der Waals surface area contributed by atoms with Gasteiger partial charge in [0.2, 0.25) is 24.1 Å². The molecule has 0 saturated heterocycles. The van der Waals surface area contributed by atoms with Crippen LogP contribution in [0.5, 0.6) is 0 Å². The van der Waals surface area contributed by atoms with Gasteiger partial charge in [-0.3, -0.25) is 19.2 Å². The number of esters is 3. The van der Waals surface area contributed by atoms with Crippen LogP contribution in [0.1, 0.15) is 105 Å². The lowest BCUT2D eigenvalue weighted by Crippen LogP contribution is -2.41. The second-order valence-corrected chi connectivity index (χ2v) is 18.2. The Morgan fingerprint density at radius 1 is 0.859 bits per heavy atom. The number of fused-ring (bicyclic) bond motifs is 8. The van der Waals surface area contributed by atoms with Gasteiger partial charge in [0.15, 0.2) is 23.3 Å². The second kappa shape index (κ2) is 28.3. The van der Waals surface area contributed by atoms with Gasteiger partial charge in [-0.05, 0) is 50.7 Å². The number of ether oxygens (including phenoxy) is 7. The monoisotopic (exact) mass is 996 g/mol. The Balaban J connectivity index is 1.61. The van der Waals surface area contributed by atoms with E-state index in [9.17, 15) is 29.1 Å². The van der Waals surface area contributed by atoms with E-state index in [1.54, 1.807) is 53.5 Å². The van der Waals surface area contributed by atoms with Crippen LogP contribution in [0.2, 0.25) is 0 Å². The number of amides is 1. The van der Waals surface area contributed by atoms with Crippen LogP contribution in [0.15, 0.2) is 62.5 Å². The maximum absolute atomic E-state index is 13.7. The molecule has 1 aliphatic rings. The number of allylic oxidation sites excluding steroid dienone is 1. The minimum absolute atomic E-state index is 0.0177. The van der Waals surface area contributed by atoms with Gasteiger partial charge in [0.25, 0.3) is 0 Å². The minimum Gasteiger partial charge on any atom is -0.462 e. The van der Waals surface area contributed by atoms with E-state index >= 15 is 0 Å². The van der Waals surface area contributed by atoms with E-state index < -0.39 is 84.5 Å². The molecule has 71 heavy (non-hydrogen) atoms. The first-order valence-corrected chi connectivity index (χ1v) is 23.8. The summed E-state index contributed by atoms with van der Waals surface area (Å²) in [5.74, 6) is -3.77. The maximum atomic E-state index is 13.7. The molecule has 0 saturated carbocycles. The average Bonchev–Trinajstić information content (AvgIpc) is 4.15. The van der Waals surface area contributed by atoms with Gasteiger partial charge in [-0.2, -0.15) is 0 Å². The van der Waals surface area contributed by atoms with Crippen LogP contribution >= 0.6 is 0 Å². The van der Waals surface area contributed by atoms with Crippen LogP contribution in [-0.2, 0) is 57.1 Å². The third kappa shape index (κ3) is 16.9. The zero-order valence-corrected chi connectivity index (χ0v) is 42.9. The normalized spacial score (nSPS) is 24.0. The Kier molecular flexibility index (Phi) is 23.0. The Bertz CT molecular complexity index is 2250. The fraction of sp³-hybridized carbons (Fsp3) is 0.608. The highest BCUT2D eigenvalue weighted by Gasteiger charge is 2.37. The first kappa shape index (κ1) is 57.8. The van der Waals surface area contributed by atoms with Crippen molar-refractivity contribution >= 4 is 36.2 Å². The van der Waals surface area contributed by atoms with Crippen molar-refractivity contribution in [3.05, 3.63) is 60.9 Å². The van der Waals surface area contributed by atoms with Crippen molar-refractivity contribution < 1.29 is 75.5 Å². The highest BCUT2D eigenvalue weighted by atomic mass is 16.6. The van der Waals surface area contributed by atoms with Gasteiger partial charge in [-0.25, -0.2) is 19.7 Å². The molecule has 13 atom stereocenters. The van der Waals surface area contributed by atoms with E-state index in [1.165, 1.54) is 57.0 Å². The molecule has 0 spiro atoms. The predicted molar refractivity (Wildman–Crippen MR) is 256 cm³/mol. The number of carbonyl (C=O) groups is 5. The number of ketones is 1. The van der Waals surface area contributed by atoms with Crippen molar-refractivity contribution in [2.75, 3.05) is 35.5 Å². The fourth-order valence-corrected chi connectivity index (χ4v) is 8.33. The summed E-state index contributed by atoms with van der Waals surface area (Å²) >= 11 is 0. The molecule has 3 aromatic rings. The molecule has 0 fully saturated rings. The molecule has 0 aliphatic carbocycles. The molecule has 4 rings (SSSR count).